The Morgan fingerprint density at radius 3 is 2.72 bits per heavy atom. The van der Waals surface area contributed by atoms with Crippen molar-refractivity contribution in [2.24, 2.45) is 5.73 Å². The zero-order valence-electron chi connectivity index (χ0n) is 10.2. The molecular formula is C14H16FN3. The summed E-state index contributed by atoms with van der Waals surface area (Å²) in [6.07, 6.45) is 5.39. The summed E-state index contributed by atoms with van der Waals surface area (Å²) in [7, 11) is 0. The molecule has 0 radical (unpaired) electrons. The topological polar surface area (TPSA) is 43.8 Å². The van der Waals surface area contributed by atoms with Gasteiger partial charge in [0.05, 0.1) is 11.1 Å². The van der Waals surface area contributed by atoms with Crippen LogP contribution in [0, 0.1) is 5.82 Å². The van der Waals surface area contributed by atoms with E-state index in [9.17, 15) is 4.39 Å². The third kappa shape index (κ3) is 1.29. The first-order valence-corrected chi connectivity index (χ1v) is 6.65. The summed E-state index contributed by atoms with van der Waals surface area (Å²) in [5.41, 5.74) is 7.46. The molecule has 0 bridgehead atoms. The van der Waals surface area contributed by atoms with Crippen molar-refractivity contribution in [3.05, 3.63) is 29.8 Å². The van der Waals surface area contributed by atoms with E-state index in [4.69, 9.17) is 5.73 Å². The molecule has 0 saturated heterocycles. The van der Waals surface area contributed by atoms with Crippen molar-refractivity contribution in [2.75, 3.05) is 0 Å². The van der Waals surface area contributed by atoms with E-state index in [-0.39, 0.29) is 11.4 Å². The maximum absolute atomic E-state index is 13.9. The fourth-order valence-corrected chi connectivity index (χ4v) is 2.92. The zero-order valence-corrected chi connectivity index (χ0v) is 10.2. The highest BCUT2D eigenvalue weighted by atomic mass is 19.1. The summed E-state index contributed by atoms with van der Waals surface area (Å²) in [4.78, 5) is 4.53. The van der Waals surface area contributed by atoms with Crippen molar-refractivity contribution < 1.29 is 4.39 Å². The van der Waals surface area contributed by atoms with E-state index in [0.717, 1.165) is 43.4 Å². The lowest BCUT2D eigenvalue weighted by atomic mass is 9.77. The fourth-order valence-electron chi connectivity index (χ4n) is 2.92. The molecular weight excluding hydrogens is 229 g/mol. The van der Waals surface area contributed by atoms with E-state index >= 15 is 0 Å². The second-order valence-electron chi connectivity index (χ2n) is 5.65. The second-order valence-corrected chi connectivity index (χ2v) is 5.65. The van der Waals surface area contributed by atoms with Gasteiger partial charge in [0.15, 0.2) is 5.82 Å². The average Bonchev–Trinajstić information content (AvgIpc) is 3.07. The third-order valence-corrected chi connectivity index (χ3v) is 4.27. The molecule has 0 spiro atoms. The highest BCUT2D eigenvalue weighted by molar-refractivity contribution is 5.77. The summed E-state index contributed by atoms with van der Waals surface area (Å²) in [5.74, 6) is 0.660. The molecule has 18 heavy (non-hydrogen) atoms. The Balaban J connectivity index is 2.01. The van der Waals surface area contributed by atoms with Gasteiger partial charge in [0.2, 0.25) is 0 Å². The quantitative estimate of drug-likeness (QED) is 0.884. The average molecular weight is 245 g/mol. The van der Waals surface area contributed by atoms with E-state index in [1.165, 1.54) is 6.07 Å². The molecule has 2 N–H and O–H groups in total. The molecule has 0 amide bonds. The van der Waals surface area contributed by atoms with E-state index < -0.39 is 0 Å². The molecule has 2 aliphatic rings. The van der Waals surface area contributed by atoms with Gasteiger partial charge in [0, 0.05) is 6.04 Å². The van der Waals surface area contributed by atoms with Gasteiger partial charge in [0.1, 0.15) is 11.3 Å². The minimum Gasteiger partial charge on any atom is -0.323 e. The van der Waals surface area contributed by atoms with Crippen LogP contribution in [0.15, 0.2) is 18.2 Å². The summed E-state index contributed by atoms with van der Waals surface area (Å²) >= 11 is 0. The molecule has 2 saturated carbocycles. The molecule has 0 atom stereocenters. The Labute approximate surface area is 105 Å². The lowest BCUT2D eigenvalue weighted by Gasteiger charge is -2.37. The first kappa shape index (κ1) is 10.5. The molecule has 94 valence electrons. The van der Waals surface area contributed by atoms with Crippen molar-refractivity contribution in [1.82, 2.24) is 9.55 Å². The SMILES string of the molecule is NC1(c2nc3c(F)cccc3n2C2CC2)CCC1. The fraction of sp³-hybridized carbons (Fsp3) is 0.500. The van der Waals surface area contributed by atoms with E-state index in [2.05, 4.69) is 9.55 Å². The molecule has 1 aromatic heterocycles. The Morgan fingerprint density at radius 2 is 2.11 bits per heavy atom. The summed E-state index contributed by atoms with van der Waals surface area (Å²) < 4.78 is 16.0. The van der Waals surface area contributed by atoms with Crippen LogP contribution >= 0.6 is 0 Å². The number of para-hydroxylation sites is 1. The first-order valence-electron chi connectivity index (χ1n) is 6.65. The van der Waals surface area contributed by atoms with Crippen LogP contribution in [-0.2, 0) is 5.54 Å². The highest BCUT2D eigenvalue weighted by Gasteiger charge is 2.42. The number of benzene rings is 1. The van der Waals surface area contributed by atoms with Crippen LogP contribution < -0.4 is 5.73 Å². The number of hydrogen-bond acceptors (Lipinski definition) is 2. The predicted octanol–water partition coefficient (Wildman–Crippen LogP) is 2.85. The molecule has 1 aromatic carbocycles. The smallest absolute Gasteiger partial charge is 0.151 e. The van der Waals surface area contributed by atoms with E-state index in [1.54, 1.807) is 6.07 Å². The number of nitrogens with two attached hydrogens (primary N) is 1. The second kappa shape index (κ2) is 3.32. The van der Waals surface area contributed by atoms with Gasteiger partial charge in [-0.05, 0) is 44.2 Å². The van der Waals surface area contributed by atoms with Gasteiger partial charge in [-0.1, -0.05) is 6.07 Å². The van der Waals surface area contributed by atoms with Crippen LogP contribution in [0.1, 0.15) is 44.0 Å². The number of halogens is 1. The van der Waals surface area contributed by atoms with Gasteiger partial charge in [-0.2, -0.15) is 0 Å². The van der Waals surface area contributed by atoms with Gasteiger partial charge in [0.25, 0.3) is 0 Å². The van der Waals surface area contributed by atoms with Crippen LogP contribution in [0.3, 0.4) is 0 Å². The molecule has 3 nitrogen and oxygen atoms in total. The molecule has 2 fully saturated rings. The van der Waals surface area contributed by atoms with Crippen molar-refractivity contribution in [2.45, 2.75) is 43.7 Å². The number of aromatic nitrogens is 2. The van der Waals surface area contributed by atoms with Crippen molar-refractivity contribution in [3.8, 4) is 0 Å². The van der Waals surface area contributed by atoms with Crippen LogP contribution in [0.4, 0.5) is 4.39 Å². The number of rotatable bonds is 2. The van der Waals surface area contributed by atoms with Crippen LogP contribution in [0.2, 0.25) is 0 Å². The summed E-state index contributed by atoms with van der Waals surface area (Å²) in [6.45, 7) is 0. The Hall–Kier alpha value is -1.42. The molecule has 0 unspecified atom stereocenters. The number of fused-ring (bicyclic) bond motifs is 1. The van der Waals surface area contributed by atoms with E-state index in [1.807, 2.05) is 6.07 Å². The minimum absolute atomic E-state index is 0.240. The van der Waals surface area contributed by atoms with Crippen LogP contribution in [-0.4, -0.2) is 9.55 Å². The third-order valence-electron chi connectivity index (χ3n) is 4.27. The summed E-state index contributed by atoms with van der Waals surface area (Å²) in [5, 5.41) is 0. The standard InChI is InChI=1S/C14H16FN3/c15-10-3-1-4-11-12(10)17-13(14(16)7-2-8-14)18(11)9-5-6-9/h1,3-4,9H,2,5-8,16H2. The Morgan fingerprint density at radius 1 is 1.33 bits per heavy atom. The van der Waals surface area contributed by atoms with Crippen LogP contribution in [0.25, 0.3) is 11.0 Å². The molecule has 2 aliphatic carbocycles. The van der Waals surface area contributed by atoms with Gasteiger partial charge in [-0.15, -0.1) is 0 Å². The molecule has 4 rings (SSSR count). The highest BCUT2D eigenvalue weighted by Crippen LogP contribution is 2.45. The van der Waals surface area contributed by atoms with Gasteiger partial charge in [-0.25, -0.2) is 9.37 Å². The molecule has 2 aromatic rings. The maximum atomic E-state index is 13.9. The Bertz CT molecular complexity index is 623. The van der Waals surface area contributed by atoms with Crippen LogP contribution in [0.5, 0.6) is 0 Å². The normalized spacial score (nSPS) is 22.1. The lowest BCUT2D eigenvalue weighted by molar-refractivity contribution is 0.231. The molecule has 1 heterocycles. The summed E-state index contributed by atoms with van der Waals surface area (Å²) in [6, 6.07) is 5.66. The first-order chi connectivity index (χ1) is 8.69. The maximum Gasteiger partial charge on any atom is 0.151 e. The largest absolute Gasteiger partial charge is 0.323 e. The molecule has 0 aliphatic heterocycles. The number of nitrogens with zero attached hydrogens (tertiary/aromatic N) is 2. The monoisotopic (exact) mass is 245 g/mol. The lowest BCUT2D eigenvalue weighted by Crippen LogP contribution is -2.45. The number of imidazole rings is 1. The van der Waals surface area contributed by atoms with Gasteiger partial charge in [-0.3, -0.25) is 0 Å². The van der Waals surface area contributed by atoms with Crippen molar-refractivity contribution in [3.63, 3.8) is 0 Å². The Kier molecular flexibility index (Phi) is 1.94. The number of hydrogen-bond donors (Lipinski definition) is 1. The minimum atomic E-state index is -0.325. The van der Waals surface area contributed by atoms with Gasteiger partial charge < -0.3 is 10.3 Å². The molecule has 4 heteroatoms. The zero-order chi connectivity index (χ0) is 12.3. The van der Waals surface area contributed by atoms with Crippen molar-refractivity contribution in [1.29, 1.82) is 0 Å². The van der Waals surface area contributed by atoms with Crippen molar-refractivity contribution >= 4 is 11.0 Å². The van der Waals surface area contributed by atoms with E-state index in [0.29, 0.717) is 11.6 Å². The van der Waals surface area contributed by atoms with Gasteiger partial charge >= 0.3 is 0 Å². The predicted molar refractivity (Wildman–Crippen MR) is 67.7 cm³/mol.